The number of nitrogens with two attached hydrogens (primary N) is 1. The molecule has 0 saturated heterocycles. The zero-order valence-electron chi connectivity index (χ0n) is 10.2. The third-order valence-corrected chi connectivity index (χ3v) is 2.40. The van der Waals surface area contributed by atoms with E-state index in [4.69, 9.17) is 5.73 Å². The van der Waals surface area contributed by atoms with E-state index in [1.54, 1.807) is 25.1 Å². The molecule has 1 rings (SSSR count). The summed E-state index contributed by atoms with van der Waals surface area (Å²) in [6.07, 6.45) is 0.777. The van der Waals surface area contributed by atoms with E-state index in [0.717, 1.165) is 0 Å². The molecule has 94 valence electrons. The Kier molecular flexibility index (Phi) is 5.10. The second-order valence-corrected chi connectivity index (χ2v) is 4.45. The molecule has 2 unspecified atom stereocenters. The molecule has 0 saturated carbocycles. The minimum atomic E-state index is -0.235. The first-order chi connectivity index (χ1) is 7.99. The Hall–Kier alpha value is -1.42. The maximum Gasteiger partial charge on any atom is 0.221 e. The van der Waals surface area contributed by atoms with Gasteiger partial charge in [-0.05, 0) is 31.9 Å². The van der Waals surface area contributed by atoms with Gasteiger partial charge in [0.15, 0.2) is 0 Å². The quantitative estimate of drug-likeness (QED) is 0.818. The molecule has 0 radical (unpaired) electrons. The number of carbonyl (C=O) groups excluding carboxylic acids is 1. The van der Waals surface area contributed by atoms with Gasteiger partial charge in [-0.2, -0.15) is 0 Å². The van der Waals surface area contributed by atoms with Crippen LogP contribution in [0.15, 0.2) is 24.3 Å². The molecule has 1 aromatic rings. The van der Waals surface area contributed by atoms with Gasteiger partial charge in [0, 0.05) is 18.5 Å². The molecule has 0 bridgehead atoms. The van der Waals surface area contributed by atoms with E-state index >= 15 is 0 Å². The summed E-state index contributed by atoms with van der Waals surface area (Å²) in [5, 5.41) is 2.80. The molecule has 0 spiro atoms. The largest absolute Gasteiger partial charge is 0.353 e. The topological polar surface area (TPSA) is 55.1 Å². The molecule has 1 aromatic carbocycles. The van der Waals surface area contributed by atoms with E-state index in [1.807, 2.05) is 6.92 Å². The van der Waals surface area contributed by atoms with Gasteiger partial charge in [0.1, 0.15) is 5.82 Å². The van der Waals surface area contributed by atoms with Gasteiger partial charge < -0.3 is 11.1 Å². The molecular formula is C13H19FN2O. The number of hydrogen-bond donors (Lipinski definition) is 2. The van der Waals surface area contributed by atoms with Crippen LogP contribution in [0.25, 0.3) is 0 Å². The molecule has 4 heteroatoms. The highest BCUT2D eigenvalue weighted by Crippen LogP contribution is 2.09. The first kappa shape index (κ1) is 13.6. The second-order valence-electron chi connectivity index (χ2n) is 4.45. The van der Waals surface area contributed by atoms with Gasteiger partial charge in [0.25, 0.3) is 0 Å². The van der Waals surface area contributed by atoms with E-state index in [2.05, 4.69) is 5.32 Å². The van der Waals surface area contributed by atoms with Crippen molar-refractivity contribution in [3.8, 4) is 0 Å². The highest BCUT2D eigenvalue weighted by atomic mass is 19.1. The molecular weight excluding hydrogens is 219 g/mol. The number of benzene rings is 1. The summed E-state index contributed by atoms with van der Waals surface area (Å²) in [4.78, 5) is 11.5. The lowest BCUT2D eigenvalue weighted by Crippen LogP contribution is -2.37. The molecule has 2 atom stereocenters. The fourth-order valence-corrected chi connectivity index (χ4v) is 1.67. The summed E-state index contributed by atoms with van der Waals surface area (Å²) in [5.74, 6) is -0.329. The van der Waals surface area contributed by atoms with Gasteiger partial charge in [-0.1, -0.05) is 18.2 Å². The maximum absolute atomic E-state index is 13.4. The molecule has 0 aliphatic rings. The second kappa shape index (κ2) is 6.35. The SMILES string of the molecule is CC(N)CC(=O)NC(C)Cc1ccccc1F. The molecule has 3 N–H and O–H groups in total. The average molecular weight is 238 g/mol. The highest BCUT2D eigenvalue weighted by molar-refractivity contribution is 5.76. The van der Waals surface area contributed by atoms with Gasteiger partial charge in [0.05, 0.1) is 0 Å². The lowest BCUT2D eigenvalue weighted by atomic mass is 10.1. The predicted molar refractivity (Wildman–Crippen MR) is 66.0 cm³/mol. The summed E-state index contributed by atoms with van der Waals surface area (Å²) in [7, 11) is 0. The van der Waals surface area contributed by atoms with Crippen LogP contribution < -0.4 is 11.1 Å². The maximum atomic E-state index is 13.4. The molecule has 1 amide bonds. The minimum Gasteiger partial charge on any atom is -0.353 e. The normalized spacial score (nSPS) is 14.1. The molecule has 17 heavy (non-hydrogen) atoms. The van der Waals surface area contributed by atoms with Gasteiger partial charge in [-0.3, -0.25) is 4.79 Å². The number of halogens is 1. The molecule has 0 aliphatic carbocycles. The van der Waals surface area contributed by atoms with Crippen molar-refractivity contribution in [2.75, 3.05) is 0 Å². The van der Waals surface area contributed by atoms with Crippen molar-refractivity contribution in [2.24, 2.45) is 5.73 Å². The standard InChI is InChI=1S/C13H19FN2O/c1-9(15)7-13(17)16-10(2)8-11-5-3-4-6-12(11)14/h3-6,9-10H,7-8,15H2,1-2H3,(H,16,17). The van der Waals surface area contributed by atoms with Crippen molar-refractivity contribution >= 4 is 5.91 Å². The lowest BCUT2D eigenvalue weighted by Gasteiger charge is -2.15. The number of amides is 1. The van der Waals surface area contributed by atoms with Crippen LogP contribution in [0.3, 0.4) is 0 Å². The van der Waals surface area contributed by atoms with Crippen LogP contribution in [-0.2, 0) is 11.2 Å². The van der Waals surface area contributed by atoms with Crippen molar-refractivity contribution in [2.45, 2.75) is 38.8 Å². The zero-order valence-corrected chi connectivity index (χ0v) is 10.2. The molecule has 0 aromatic heterocycles. The number of carbonyl (C=O) groups is 1. The van der Waals surface area contributed by atoms with Gasteiger partial charge >= 0.3 is 0 Å². The fourth-order valence-electron chi connectivity index (χ4n) is 1.67. The average Bonchev–Trinajstić information content (AvgIpc) is 2.19. The smallest absolute Gasteiger partial charge is 0.221 e. The highest BCUT2D eigenvalue weighted by Gasteiger charge is 2.11. The fraction of sp³-hybridized carbons (Fsp3) is 0.462. The predicted octanol–water partition coefficient (Wildman–Crippen LogP) is 1.61. The van der Waals surface area contributed by atoms with Crippen molar-refractivity contribution in [1.29, 1.82) is 0 Å². The van der Waals surface area contributed by atoms with Crippen molar-refractivity contribution in [1.82, 2.24) is 5.32 Å². The molecule has 0 heterocycles. The summed E-state index contributed by atoms with van der Waals surface area (Å²) in [6.45, 7) is 3.63. The monoisotopic (exact) mass is 238 g/mol. The van der Waals surface area contributed by atoms with Crippen LogP contribution in [0, 0.1) is 5.82 Å². The van der Waals surface area contributed by atoms with E-state index in [1.165, 1.54) is 6.07 Å². The van der Waals surface area contributed by atoms with Crippen LogP contribution >= 0.6 is 0 Å². The molecule has 0 aliphatic heterocycles. The summed E-state index contributed by atoms with van der Waals surface area (Å²) in [6, 6.07) is 6.33. The van der Waals surface area contributed by atoms with E-state index in [0.29, 0.717) is 18.4 Å². The number of nitrogens with one attached hydrogen (secondary N) is 1. The summed E-state index contributed by atoms with van der Waals surface area (Å²) in [5.41, 5.74) is 6.14. The Bertz CT molecular complexity index is 379. The van der Waals surface area contributed by atoms with Crippen LogP contribution in [-0.4, -0.2) is 18.0 Å². The lowest BCUT2D eigenvalue weighted by molar-refractivity contribution is -0.121. The van der Waals surface area contributed by atoms with Crippen LogP contribution in [0.5, 0.6) is 0 Å². The molecule has 3 nitrogen and oxygen atoms in total. The summed E-state index contributed by atoms with van der Waals surface area (Å²) >= 11 is 0. The Morgan fingerprint density at radius 3 is 2.65 bits per heavy atom. The van der Waals surface area contributed by atoms with E-state index in [9.17, 15) is 9.18 Å². The van der Waals surface area contributed by atoms with Crippen molar-refractivity contribution in [3.63, 3.8) is 0 Å². The van der Waals surface area contributed by atoms with Gasteiger partial charge in [-0.25, -0.2) is 4.39 Å². The Balaban J connectivity index is 2.47. The van der Waals surface area contributed by atoms with Crippen molar-refractivity contribution < 1.29 is 9.18 Å². The van der Waals surface area contributed by atoms with Crippen molar-refractivity contribution in [3.05, 3.63) is 35.6 Å². The Morgan fingerprint density at radius 2 is 2.06 bits per heavy atom. The van der Waals surface area contributed by atoms with E-state index < -0.39 is 0 Å². The van der Waals surface area contributed by atoms with Crippen LogP contribution in [0.4, 0.5) is 4.39 Å². The van der Waals surface area contributed by atoms with Gasteiger partial charge in [0.2, 0.25) is 5.91 Å². The Labute approximate surface area is 101 Å². The van der Waals surface area contributed by atoms with Crippen LogP contribution in [0.1, 0.15) is 25.8 Å². The number of hydrogen-bond acceptors (Lipinski definition) is 2. The third-order valence-electron chi connectivity index (χ3n) is 2.40. The number of rotatable bonds is 5. The third kappa shape index (κ3) is 4.95. The first-order valence-corrected chi connectivity index (χ1v) is 5.77. The first-order valence-electron chi connectivity index (χ1n) is 5.77. The van der Waals surface area contributed by atoms with E-state index in [-0.39, 0.29) is 23.8 Å². The zero-order chi connectivity index (χ0) is 12.8. The molecule has 0 fully saturated rings. The summed E-state index contributed by atoms with van der Waals surface area (Å²) < 4.78 is 13.4. The van der Waals surface area contributed by atoms with Crippen LogP contribution in [0.2, 0.25) is 0 Å². The minimum absolute atomic E-state index is 0.0937. The van der Waals surface area contributed by atoms with Gasteiger partial charge in [-0.15, -0.1) is 0 Å². The Morgan fingerprint density at radius 1 is 1.41 bits per heavy atom.